The molecule has 1 aliphatic heterocycles. The van der Waals surface area contributed by atoms with Crippen molar-refractivity contribution in [1.29, 1.82) is 0 Å². The van der Waals surface area contributed by atoms with Crippen LogP contribution in [0.5, 0.6) is 5.75 Å². The van der Waals surface area contributed by atoms with Crippen molar-refractivity contribution >= 4 is 18.0 Å². The number of hydrogen-bond acceptors (Lipinski definition) is 6. The molecular weight excluding hydrogens is 340 g/mol. The van der Waals surface area contributed by atoms with Crippen LogP contribution in [0.15, 0.2) is 35.5 Å². The maximum atomic E-state index is 12.1. The summed E-state index contributed by atoms with van der Waals surface area (Å²) in [5.41, 5.74) is 1.31. The number of esters is 2. The van der Waals surface area contributed by atoms with E-state index in [0.717, 1.165) is 5.56 Å². The molecule has 0 fully saturated rings. The van der Waals surface area contributed by atoms with Crippen molar-refractivity contribution in [2.24, 2.45) is 0 Å². The number of urea groups is 1. The molecule has 1 aliphatic rings. The Bertz CT molecular complexity index is 728. The number of nitrogens with one attached hydrogen (secondary N) is 2. The summed E-state index contributed by atoms with van der Waals surface area (Å²) in [4.78, 5) is 35.6. The lowest BCUT2D eigenvalue weighted by molar-refractivity contribution is -0.145. The van der Waals surface area contributed by atoms with E-state index in [1.165, 1.54) is 0 Å². The van der Waals surface area contributed by atoms with Crippen molar-refractivity contribution < 1.29 is 28.6 Å². The number of hydrogen-bond donors (Lipinski definition) is 2. The van der Waals surface area contributed by atoms with E-state index in [1.54, 1.807) is 26.0 Å². The summed E-state index contributed by atoms with van der Waals surface area (Å²) in [6.07, 6.45) is 0. The van der Waals surface area contributed by atoms with Crippen LogP contribution in [0.3, 0.4) is 0 Å². The number of rotatable bonds is 7. The SMILES string of the molecule is CCOC(=O)C1=C(COC(=O)COc2ccccc2C)NC(=O)N[C@@H]1C. The van der Waals surface area contributed by atoms with Crippen molar-refractivity contribution in [3.8, 4) is 5.75 Å². The van der Waals surface area contributed by atoms with Gasteiger partial charge in [0.2, 0.25) is 0 Å². The molecule has 26 heavy (non-hydrogen) atoms. The largest absolute Gasteiger partial charge is 0.482 e. The molecule has 0 radical (unpaired) electrons. The summed E-state index contributed by atoms with van der Waals surface area (Å²) in [5, 5.41) is 5.05. The minimum atomic E-state index is -0.621. The van der Waals surface area contributed by atoms with E-state index < -0.39 is 24.0 Å². The van der Waals surface area contributed by atoms with Gasteiger partial charge in [-0.15, -0.1) is 0 Å². The molecular formula is C18H22N2O6. The molecule has 0 aliphatic carbocycles. The smallest absolute Gasteiger partial charge is 0.344 e. The van der Waals surface area contributed by atoms with E-state index in [0.29, 0.717) is 5.75 Å². The number of aryl methyl sites for hydroxylation is 1. The second-order valence-electron chi connectivity index (χ2n) is 5.65. The molecule has 140 valence electrons. The Hall–Kier alpha value is -3.03. The van der Waals surface area contributed by atoms with Gasteiger partial charge in [0.05, 0.1) is 23.9 Å². The first-order valence-electron chi connectivity index (χ1n) is 8.24. The topological polar surface area (TPSA) is 103 Å². The maximum absolute atomic E-state index is 12.1. The summed E-state index contributed by atoms with van der Waals surface area (Å²) >= 11 is 0. The van der Waals surface area contributed by atoms with Gasteiger partial charge >= 0.3 is 18.0 Å². The van der Waals surface area contributed by atoms with Gasteiger partial charge in [0.1, 0.15) is 12.4 Å². The van der Waals surface area contributed by atoms with Crippen LogP contribution in [-0.2, 0) is 19.1 Å². The van der Waals surface area contributed by atoms with Crippen LogP contribution in [0, 0.1) is 6.92 Å². The quantitative estimate of drug-likeness (QED) is 0.712. The molecule has 0 spiro atoms. The lowest BCUT2D eigenvalue weighted by Gasteiger charge is -2.26. The van der Waals surface area contributed by atoms with Gasteiger partial charge in [0.25, 0.3) is 0 Å². The Morgan fingerprint density at radius 3 is 2.62 bits per heavy atom. The predicted octanol–water partition coefficient (Wildman–Crippen LogP) is 1.44. The van der Waals surface area contributed by atoms with Crippen LogP contribution in [0.2, 0.25) is 0 Å². The lowest BCUT2D eigenvalue weighted by Crippen LogP contribution is -2.50. The highest BCUT2D eigenvalue weighted by molar-refractivity contribution is 5.94. The second kappa shape index (κ2) is 8.89. The van der Waals surface area contributed by atoms with E-state index in [9.17, 15) is 14.4 Å². The molecule has 0 unspecified atom stereocenters. The van der Waals surface area contributed by atoms with Gasteiger partial charge in [-0.05, 0) is 32.4 Å². The molecule has 0 aromatic heterocycles. The first kappa shape index (κ1) is 19.3. The van der Waals surface area contributed by atoms with Gasteiger partial charge in [-0.25, -0.2) is 14.4 Å². The number of carbonyl (C=O) groups is 3. The summed E-state index contributed by atoms with van der Waals surface area (Å²) in [6.45, 7) is 4.84. The fourth-order valence-electron chi connectivity index (χ4n) is 2.44. The first-order valence-corrected chi connectivity index (χ1v) is 8.24. The highest BCUT2D eigenvalue weighted by Gasteiger charge is 2.30. The van der Waals surface area contributed by atoms with E-state index in [1.807, 2.05) is 19.1 Å². The highest BCUT2D eigenvalue weighted by atomic mass is 16.6. The molecule has 0 saturated carbocycles. The van der Waals surface area contributed by atoms with Crippen LogP contribution in [-0.4, -0.2) is 43.8 Å². The molecule has 1 atom stereocenters. The van der Waals surface area contributed by atoms with Crippen molar-refractivity contribution in [2.75, 3.05) is 19.8 Å². The molecule has 0 saturated heterocycles. The second-order valence-corrected chi connectivity index (χ2v) is 5.65. The minimum absolute atomic E-state index is 0.195. The summed E-state index contributed by atoms with van der Waals surface area (Å²) < 4.78 is 15.5. The molecule has 2 rings (SSSR count). The molecule has 0 bridgehead atoms. The summed E-state index contributed by atoms with van der Waals surface area (Å²) in [7, 11) is 0. The zero-order valence-electron chi connectivity index (χ0n) is 15.0. The Morgan fingerprint density at radius 1 is 1.19 bits per heavy atom. The third-order valence-corrected chi connectivity index (χ3v) is 3.68. The first-order chi connectivity index (χ1) is 12.4. The van der Waals surface area contributed by atoms with Crippen molar-refractivity contribution in [1.82, 2.24) is 10.6 Å². The maximum Gasteiger partial charge on any atom is 0.344 e. The van der Waals surface area contributed by atoms with E-state index in [-0.39, 0.29) is 31.1 Å². The molecule has 2 N–H and O–H groups in total. The van der Waals surface area contributed by atoms with Gasteiger partial charge in [0.15, 0.2) is 6.61 Å². The van der Waals surface area contributed by atoms with Crippen molar-refractivity contribution in [3.05, 3.63) is 41.1 Å². The van der Waals surface area contributed by atoms with Crippen LogP contribution < -0.4 is 15.4 Å². The Morgan fingerprint density at radius 2 is 1.92 bits per heavy atom. The number of amides is 2. The average molecular weight is 362 g/mol. The Balaban J connectivity index is 1.99. The van der Waals surface area contributed by atoms with Gasteiger partial charge in [-0.1, -0.05) is 18.2 Å². The predicted molar refractivity (Wildman–Crippen MR) is 92.4 cm³/mol. The molecule has 1 heterocycles. The van der Waals surface area contributed by atoms with Crippen molar-refractivity contribution in [3.63, 3.8) is 0 Å². The zero-order valence-corrected chi connectivity index (χ0v) is 15.0. The van der Waals surface area contributed by atoms with Gasteiger partial charge < -0.3 is 24.8 Å². The standard InChI is InChI=1S/C18H22N2O6/c1-4-24-17(22)16-12(3)19-18(23)20-13(16)9-26-15(21)10-25-14-8-6-5-7-11(14)2/h5-8,12H,4,9-10H2,1-3H3,(H2,19,20,23)/t12-/m1/s1. The monoisotopic (exact) mass is 362 g/mol. The Kier molecular flexibility index (Phi) is 6.60. The number of para-hydroxylation sites is 1. The molecule has 8 nitrogen and oxygen atoms in total. The Labute approximate surface area is 151 Å². The molecule has 1 aromatic carbocycles. The van der Waals surface area contributed by atoms with Crippen LogP contribution in [0.25, 0.3) is 0 Å². The normalized spacial score (nSPS) is 16.4. The van der Waals surface area contributed by atoms with E-state index in [4.69, 9.17) is 14.2 Å². The highest BCUT2D eigenvalue weighted by Crippen LogP contribution is 2.17. The zero-order chi connectivity index (χ0) is 19.1. The number of carbonyl (C=O) groups excluding carboxylic acids is 3. The third kappa shape index (κ3) is 4.98. The fraction of sp³-hybridized carbons (Fsp3) is 0.389. The lowest BCUT2D eigenvalue weighted by atomic mass is 10.0. The molecule has 8 heteroatoms. The minimum Gasteiger partial charge on any atom is -0.482 e. The summed E-state index contributed by atoms with van der Waals surface area (Å²) in [5.74, 6) is -0.612. The number of benzene rings is 1. The molecule has 1 aromatic rings. The van der Waals surface area contributed by atoms with Gasteiger partial charge in [-0.3, -0.25) is 0 Å². The fourth-order valence-corrected chi connectivity index (χ4v) is 2.44. The van der Waals surface area contributed by atoms with Crippen molar-refractivity contribution in [2.45, 2.75) is 26.8 Å². The van der Waals surface area contributed by atoms with Crippen LogP contribution in [0.1, 0.15) is 19.4 Å². The third-order valence-electron chi connectivity index (χ3n) is 3.68. The van der Waals surface area contributed by atoms with Crippen LogP contribution in [0.4, 0.5) is 4.79 Å². The van der Waals surface area contributed by atoms with Gasteiger partial charge in [-0.2, -0.15) is 0 Å². The molecule has 2 amide bonds. The average Bonchev–Trinajstić information content (AvgIpc) is 2.58. The van der Waals surface area contributed by atoms with Crippen LogP contribution >= 0.6 is 0 Å². The van der Waals surface area contributed by atoms with Gasteiger partial charge in [0, 0.05) is 0 Å². The van der Waals surface area contributed by atoms with E-state index >= 15 is 0 Å². The summed E-state index contributed by atoms with van der Waals surface area (Å²) in [6, 6.07) is 6.25. The number of ether oxygens (including phenoxy) is 3. The van der Waals surface area contributed by atoms with E-state index in [2.05, 4.69) is 10.6 Å².